The summed E-state index contributed by atoms with van der Waals surface area (Å²) in [6.45, 7) is 0. The number of aromatic nitrogens is 6. The molecule has 1 aromatic carbocycles. The van der Waals surface area contributed by atoms with Crippen molar-refractivity contribution in [3.8, 4) is 5.69 Å². The van der Waals surface area contributed by atoms with E-state index < -0.39 is 11.7 Å². The molecule has 0 amide bonds. The first-order valence-corrected chi connectivity index (χ1v) is 7.14. The Morgan fingerprint density at radius 2 is 1.76 bits per heavy atom. The van der Waals surface area contributed by atoms with Crippen LogP contribution in [-0.4, -0.2) is 29.4 Å². The molecule has 3 heterocycles. The SMILES string of the molecule is FC(F)(F)c1ccc(-n2cc(Nc3cncc4ncnn34)cn2)cc1. The van der Waals surface area contributed by atoms with Crippen molar-refractivity contribution in [3.05, 3.63) is 60.9 Å². The van der Waals surface area contributed by atoms with Crippen molar-refractivity contribution in [1.29, 1.82) is 0 Å². The second-order valence-corrected chi connectivity index (χ2v) is 5.17. The van der Waals surface area contributed by atoms with Crippen LogP contribution in [0, 0.1) is 0 Å². The molecule has 0 atom stereocenters. The summed E-state index contributed by atoms with van der Waals surface area (Å²) < 4.78 is 40.9. The maximum absolute atomic E-state index is 12.6. The summed E-state index contributed by atoms with van der Waals surface area (Å²) in [4.78, 5) is 8.10. The monoisotopic (exact) mass is 345 g/mol. The number of nitrogens with one attached hydrogen (secondary N) is 1. The lowest BCUT2D eigenvalue weighted by Crippen LogP contribution is -2.05. The molecule has 4 aromatic rings. The third-order valence-electron chi connectivity index (χ3n) is 3.50. The van der Waals surface area contributed by atoms with E-state index in [0.717, 1.165) is 12.1 Å². The number of rotatable bonds is 3. The minimum absolute atomic E-state index is 0.512. The van der Waals surface area contributed by atoms with E-state index in [4.69, 9.17) is 0 Å². The number of hydrogen-bond acceptors (Lipinski definition) is 5. The summed E-state index contributed by atoms with van der Waals surface area (Å²) in [5, 5.41) is 11.3. The zero-order chi connectivity index (χ0) is 17.4. The number of hydrogen-bond donors (Lipinski definition) is 1. The molecule has 0 aliphatic carbocycles. The van der Waals surface area contributed by atoms with Gasteiger partial charge in [-0.25, -0.2) is 9.67 Å². The van der Waals surface area contributed by atoms with E-state index in [9.17, 15) is 13.2 Å². The third kappa shape index (κ3) is 2.89. The van der Waals surface area contributed by atoms with Gasteiger partial charge in [-0.05, 0) is 24.3 Å². The second-order valence-electron chi connectivity index (χ2n) is 5.17. The standard InChI is InChI=1S/C15H10F3N7/c16-15(17,18)10-1-3-12(4-2-10)24-8-11(5-21-24)23-14-7-19-6-13-20-9-22-25(13)14/h1-9,23H. The highest BCUT2D eigenvalue weighted by Gasteiger charge is 2.30. The summed E-state index contributed by atoms with van der Waals surface area (Å²) in [6, 6.07) is 4.76. The first kappa shape index (κ1) is 15.1. The fourth-order valence-electron chi connectivity index (χ4n) is 2.32. The summed E-state index contributed by atoms with van der Waals surface area (Å²) >= 11 is 0. The number of fused-ring (bicyclic) bond motifs is 1. The van der Waals surface area contributed by atoms with Gasteiger partial charge in [0.25, 0.3) is 0 Å². The average molecular weight is 345 g/mol. The molecule has 0 unspecified atom stereocenters. The Balaban J connectivity index is 1.59. The van der Waals surface area contributed by atoms with E-state index in [1.54, 1.807) is 29.3 Å². The van der Waals surface area contributed by atoms with Crippen molar-refractivity contribution in [2.45, 2.75) is 6.18 Å². The molecule has 1 N–H and O–H groups in total. The van der Waals surface area contributed by atoms with E-state index >= 15 is 0 Å². The molecule has 7 nitrogen and oxygen atoms in total. The highest BCUT2D eigenvalue weighted by Crippen LogP contribution is 2.29. The Labute approximate surface area is 138 Å². The molecule has 25 heavy (non-hydrogen) atoms. The highest BCUT2D eigenvalue weighted by atomic mass is 19.4. The van der Waals surface area contributed by atoms with Crippen LogP contribution in [0.25, 0.3) is 11.3 Å². The van der Waals surface area contributed by atoms with Gasteiger partial charge >= 0.3 is 6.18 Å². The minimum Gasteiger partial charge on any atom is -0.336 e. The number of benzene rings is 1. The third-order valence-corrected chi connectivity index (χ3v) is 3.50. The van der Waals surface area contributed by atoms with Crippen molar-refractivity contribution in [2.24, 2.45) is 0 Å². The van der Waals surface area contributed by atoms with Crippen LogP contribution >= 0.6 is 0 Å². The molecule has 0 saturated heterocycles. The zero-order valence-corrected chi connectivity index (χ0v) is 12.5. The van der Waals surface area contributed by atoms with Gasteiger partial charge in [0, 0.05) is 0 Å². The quantitative estimate of drug-likeness (QED) is 0.618. The number of anilines is 2. The zero-order valence-electron chi connectivity index (χ0n) is 12.5. The smallest absolute Gasteiger partial charge is 0.336 e. The average Bonchev–Trinajstić information content (AvgIpc) is 3.24. The van der Waals surface area contributed by atoms with Crippen LogP contribution in [0.2, 0.25) is 0 Å². The van der Waals surface area contributed by atoms with Crippen LogP contribution in [0.5, 0.6) is 0 Å². The van der Waals surface area contributed by atoms with Crippen molar-refractivity contribution in [3.63, 3.8) is 0 Å². The molecule has 0 fully saturated rings. The van der Waals surface area contributed by atoms with E-state index in [-0.39, 0.29) is 0 Å². The molecule has 0 spiro atoms. The summed E-state index contributed by atoms with van der Waals surface area (Å²) in [7, 11) is 0. The van der Waals surface area contributed by atoms with Crippen LogP contribution in [0.1, 0.15) is 5.56 Å². The summed E-state index contributed by atoms with van der Waals surface area (Å²) in [5.41, 5.74) is 1.02. The highest BCUT2D eigenvalue weighted by molar-refractivity contribution is 5.57. The topological polar surface area (TPSA) is 72.9 Å². The van der Waals surface area contributed by atoms with Crippen LogP contribution in [-0.2, 0) is 6.18 Å². The fourth-order valence-corrected chi connectivity index (χ4v) is 2.32. The van der Waals surface area contributed by atoms with Gasteiger partial charge in [-0.2, -0.15) is 27.9 Å². The molecule has 0 saturated carbocycles. The summed E-state index contributed by atoms with van der Waals surface area (Å²) in [6.07, 6.45) is 3.40. The molecule has 10 heteroatoms. The lowest BCUT2D eigenvalue weighted by atomic mass is 10.2. The molecule has 126 valence electrons. The van der Waals surface area contributed by atoms with Crippen LogP contribution in [0.15, 0.2) is 55.4 Å². The molecular weight excluding hydrogens is 335 g/mol. The van der Waals surface area contributed by atoms with Crippen molar-refractivity contribution in [2.75, 3.05) is 5.32 Å². The molecule has 0 aliphatic rings. The normalized spacial score (nSPS) is 11.8. The van der Waals surface area contributed by atoms with Gasteiger partial charge in [0.2, 0.25) is 0 Å². The van der Waals surface area contributed by atoms with Crippen LogP contribution in [0.3, 0.4) is 0 Å². The maximum atomic E-state index is 12.6. The van der Waals surface area contributed by atoms with Gasteiger partial charge in [0.15, 0.2) is 11.5 Å². The van der Waals surface area contributed by atoms with Crippen molar-refractivity contribution < 1.29 is 13.2 Å². The lowest BCUT2D eigenvalue weighted by molar-refractivity contribution is -0.137. The van der Waals surface area contributed by atoms with Crippen LogP contribution in [0.4, 0.5) is 24.7 Å². The minimum atomic E-state index is -4.36. The van der Waals surface area contributed by atoms with Gasteiger partial charge in [-0.15, -0.1) is 0 Å². The molecule has 0 aliphatic heterocycles. The van der Waals surface area contributed by atoms with E-state index in [0.29, 0.717) is 22.8 Å². The largest absolute Gasteiger partial charge is 0.416 e. The first-order valence-electron chi connectivity index (χ1n) is 7.14. The van der Waals surface area contributed by atoms with Gasteiger partial charge in [0.05, 0.1) is 41.7 Å². The summed E-state index contributed by atoms with van der Waals surface area (Å²) in [5.74, 6) is 0.585. The molecule has 0 radical (unpaired) electrons. The van der Waals surface area contributed by atoms with E-state index in [1.807, 2.05) is 0 Å². The van der Waals surface area contributed by atoms with Gasteiger partial charge in [0.1, 0.15) is 6.33 Å². The molecule has 3 aromatic heterocycles. The number of nitrogens with zero attached hydrogens (tertiary/aromatic N) is 6. The molecule has 4 rings (SSSR count). The maximum Gasteiger partial charge on any atom is 0.416 e. The predicted octanol–water partition coefficient (Wildman–Crippen LogP) is 3.07. The van der Waals surface area contributed by atoms with Crippen LogP contribution < -0.4 is 5.32 Å². The Kier molecular flexibility index (Phi) is 3.38. The Hall–Kier alpha value is -3.43. The molecule has 0 bridgehead atoms. The number of alkyl halides is 3. The number of halogens is 3. The first-order chi connectivity index (χ1) is 12.0. The fraction of sp³-hybridized carbons (Fsp3) is 0.0667. The van der Waals surface area contributed by atoms with Gasteiger partial charge in [-0.1, -0.05) is 0 Å². The second kappa shape index (κ2) is 5.58. The Morgan fingerprint density at radius 3 is 2.52 bits per heavy atom. The molecular formula is C15H10F3N7. The lowest BCUT2D eigenvalue weighted by Gasteiger charge is -2.07. The Morgan fingerprint density at radius 1 is 0.960 bits per heavy atom. The van der Waals surface area contributed by atoms with E-state index in [1.165, 1.54) is 23.1 Å². The van der Waals surface area contributed by atoms with Crippen molar-refractivity contribution >= 4 is 17.2 Å². The Bertz CT molecular complexity index is 1020. The predicted molar refractivity (Wildman–Crippen MR) is 82.6 cm³/mol. The van der Waals surface area contributed by atoms with E-state index in [2.05, 4.69) is 25.5 Å². The van der Waals surface area contributed by atoms with Gasteiger partial charge < -0.3 is 5.32 Å². The van der Waals surface area contributed by atoms with Crippen molar-refractivity contribution in [1.82, 2.24) is 29.4 Å². The van der Waals surface area contributed by atoms with Gasteiger partial charge in [-0.3, -0.25) is 4.98 Å².